The van der Waals surface area contributed by atoms with E-state index in [1.807, 2.05) is 0 Å². The molecule has 0 aromatic carbocycles. The molecule has 1 aromatic rings. The Labute approximate surface area is 136 Å². The average molecular weight is 323 g/mol. The van der Waals surface area contributed by atoms with Crippen LogP contribution in [-0.2, 0) is 4.79 Å². The van der Waals surface area contributed by atoms with Gasteiger partial charge in [0.25, 0.3) is 0 Å². The van der Waals surface area contributed by atoms with E-state index < -0.39 is 0 Å². The van der Waals surface area contributed by atoms with E-state index in [0.717, 1.165) is 32.1 Å². The van der Waals surface area contributed by atoms with Crippen LogP contribution >= 0.6 is 11.3 Å². The number of nitrogens with zero attached hydrogens (tertiary/aromatic N) is 4. The first-order valence-corrected chi connectivity index (χ1v) is 8.44. The summed E-state index contributed by atoms with van der Waals surface area (Å²) >= 11 is 1.78. The number of thiophene rings is 1. The number of carbonyl (C=O) groups is 1. The zero-order valence-electron chi connectivity index (χ0n) is 13.6. The van der Waals surface area contributed by atoms with Crippen LogP contribution < -0.4 is 10.2 Å². The van der Waals surface area contributed by atoms with Gasteiger partial charge in [-0.25, -0.2) is 0 Å². The maximum atomic E-state index is 11.6. The van der Waals surface area contributed by atoms with Crippen LogP contribution in [0.1, 0.15) is 6.42 Å². The van der Waals surface area contributed by atoms with Crippen LogP contribution in [0.2, 0.25) is 0 Å². The number of carbonyl (C=O) groups excluding carboxylic acids is 1. The Balaban J connectivity index is 1.77. The summed E-state index contributed by atoms with van der Waals surface area (Å²) < 4.78 is 0. The minimum Gasteiger partial charge on any atom is -0.360 e. The second-order valence-corrected chi connectivity index (χ2v) is 6.36. The molecule has 1 aliphatic heterocycles. The largest absolute Gasteiger partial charge is 0.360 e. The fourth-order valence-electron chi connectivity index (χ4n) is 2.43. The molecule has 7 heteroatoms. The Morgan fingerprint density at radius 2 is 2.09 bits per heavy atom. The smallest absolute Gasteiger partial charge is 0.223 e. The molecular formula is C15H25N5OS. The SMILES string of the molecule is CN=C(NCCC(=O)N(C)C)N1CCN(c2cccs2)CC1. The van der Waals surface area contributed by atoms with Crippen LogP contribution in [0.3, 0.4) is 0 Å². The maximum Gasteiger partial charge on any atom is 0.223 e. The number of guanidine groups is 1. The molecule has 1 amide bonds. The van der Waals surface area contributed by atoms with Crippen molar-refractivity contribution in [1.82, 2.24) is 15.1 Å². The van der Waals surface area contributed by atoms with Crippen LogP contribution in [0.4, 0.5) is 5.00 Å². The lowest BCUT2D eigenvalue weighted by Gasteiger charge is -2.37. The van der Waals surface area contributed by atoms with E-state index >= 15 is 0 Å². The first-order valence-electron chi connectivity index (χ1n) is 7.56. The predicted molar refractivity (Wildman–Crippen MR) is 92.8 cm³/mol. The van der Waals surface area contributed by atoms with Crippen LogP contribution in [0, 0.1) is 0 Å². The van der Waals surface area contributed by atoms with Gasteiger partial charge in [0.15, 0.2) is 5.96 Å². The van der Waals surface area contributed by atoms with E-state index in [4.69, 9.17) is 0 Å². The van der Waals surface area contributed by atoms with Gasteiger partial charge in [-0.2, -0.15) is 0 Å². The highest BCUT2D eigenvalue weighted by Gasteiger charge is 2.20. The molecule has 1 aliphatic rings. The standard InChI is InChI=1S/C15H25N5OS/c1-16-15(17-7-6-13(21)18(2)3)20-10-8-19(9-11-20)14-5-4-12-22-14/h4-5,12H,6-11H2,1-3H3,(H,16,17). The number of nitrogens with one attached hydrogen (secondary N) is 1. The van der Waals surface area contributed by atoms with E-state index in [1.165, 1.54) is 5.00 Å². The molecule has 0 spiro atoms. The number of aliphatic imine (C=N–C) groups is 1. The maximum absolute atomic E-state index is 11.6. The zero-order chi connectivity index (χ0) is 15.9. The van der Waals surface area contributed by atoms with Crippen molar-refractivity contribution in [2.24, 2.45) is 4.99 Å². The molecular weight excluding hydrogens is 298 g/mol. The van der Waals surface area contributed by atoms with Gasteiger partial charge >= 0.3 is 0 Å². The summed E-state index contributed by atoms with van der Waals surface area (Å²) in [6.45, 7) is 4.50. The Hall–Kier alpha value is -1.76. The summed E-state index contributed by atoms with van der Waals surface area (Å²) in [4.78, 5) is 22.2. The van der Waals surface area contributed by atoms with Crippen LogP contribution in [0.25, 0.3) is 0 Å². The number of anilines is 1. The van der Waals surface area contributed by atoms with Gasteiger partial charge in [0, 0.05) is 60.3 Å². The van der Waals surface area contributed by atoms with Crippen molar-refractivity contribution in [2.45, 2.75) is 6.42 Å². The third-order valence-corrected chi connectivity index (χ3v) is 4.66. The van der Waals surface area contributed by atoms with Gasteiger partial charge in [-0.15, -0.1) is 11.3 Å². The van der Waals surface area contributed by atoms with Crippen molar-refractivity contribution in [3.8, 4) is 0 Å². The van der Waals surface area contributed by atoms with Crippen molar-refractivity contribution in [2.75, 3.05) is 58.8 Å². The molecule has 1 saturated heterocycles. The monoisotopic (exact) mass is 323 g/mol. The second kappa shape index (κ2) is 8.03. The lowest BCUT2D eigenvalue weighted by molar-refractivity contribution is -0.128. The summed E-state index contributed by atoms with van der Waals surface area (Å²) in [7, 11) is 5.35. The normalized spacial score (nSPS) is 15.9. The second-order valence-electron chi connectivity index (χ2n) is 5.44. The molecule has 0 unspecified atom stereocenters. The van der Waals surface area contributed by atoms with Crippen molar-refractivity contribution in [3.63, 3.8) is 0 Å². The molecule has 6 nitrogen and oxygen atoms in total. The molecule has 0 radical (unpaired) electrons. The van der Waals surface area contributed by atoms with Gasteiger partial charge in [-0.05, 0) is 17.5 Å². The molecule has 0 bridgehead atoms. The van der Waals surface area contributed by atoms with Crippen molar-refractivity contribution >= 4 is 28.2 Å². The molecule has 0 atom stereocenters. The third-order valence-electron chi connectivity index (χ3n) is 3.73. The number of piperazine rings is 1. The minimum atomic E-state index is 0.130. The summed E-state index contributed by atoms with van der Waals surface area (Å²) in [6, 6.07) is 4.26. The summed E-state index contributed by atoms with van der Waals surface area (Å²) in [6.07, 6.45) is 0.487. The van der Waals surface area contributed by atoms with E-state index in [9.17, 15) is 4.79 Å². The topological polar surface area (TPSA) is 51.2 Å². The number of hydrogen-bond donors (Lipinski definition) is 1. The van der Waals surface area contributed by atoms with Gasteiger partial charge < -0.3 is 20.0 Å². The fourth-order valence-corrected chi connectivity index (χ4v) is 3.21. The Bertz CT molecular complexity index is 492. The van der Waals surface area contributed by atoms with E-state index in [-0.39, 0.29) is 5.91 Å². The molecule has 1 aromatic heterocycles. The molecule has 1 N–H and O–H groups in total. The molecule has 0 aliphatic carbocycles. The number of amides is 1. The van der Waals surface area contributed by atoms with Crippen molar-refractivity contribution < 1.29 is 4.79 Å². The molecule has 122 valence electrons. The lowest BCUT2D eigenvalue weighted by Crippen LogP contribution is -2.52. The highest BCUT2D eigenvalue weighted by atomic mass is 32.1. The predicted octanol–water partition coefficient (Wildman–Crippen LogP) is 0.924. The molecule has 2 rings (SSSR count). The van der Waals surface area contributed by atoms with E-state index in [2.05, 4.69) is 37.6 Å². The van der Waals surface area contributed by atoms with E-state index in [0.29, 0.717) is 13.0 Å². The van der Waals surface area contributed by atoms with Crippen molar-refractivity contribution in [1.29, 1.82) is 0 Å². The molecule has 2 heterocycles. The summed E-state index contributed by atoms with van der Waals surface area (Å²) in [5.74, 6) is 1.02. The van der Waals surface area contributed by atoms with E-state index in [1.54, 1.807) is 37.4 Å². The average Bonchev–Trinajstić information content (AvgIpc) is 3.06. The summed E-state index contributed by atoms with van der Waals surface area (Å²) in [5, 5.41) is 6.73. The van der Waals surface area contributed by atoms with Crippen LogP contribution in [-0.4, -0.2) is 75.5 Å². The summed E-state index contributed by atoms with van der Waals surface area (Å²) in [5.41, 5.74) is 0. The van der Waals surface area contributed by atoms with Crippen LogP contribution in [0.5, 0.6) is 0 Å². The Kier molecular flexibility index (Phi) is 6.06. The zero-order valence-corrected chi connectivity index (χ0v) is 14.4. The highest BCUT2D eigenvalue weighted by Crippen LogP contribution is 2.22. The van der Waals surface area contributed by atoms with Crippen LogP contribution in [0.15, 0.2) is 22.5 Å². The van der Waals surface area contributed by atoms with Crippen molar-refractivity contribution in [3.05, 3.63) is 17.5 Å². The number of rotatable bonds is 4. The molecule has 0 saturated carbocycles. The highest BCUT2D eigenvalue weighted by molar-refractivity contribution is 7.14. The quantitative estimate of drug-likeness (QED) is 0.661. The Morgan fingerprint density at radius 1 is 1.36 bits per heavy atom. The first-order chi connectivity index (χ1) is 10.6. The lowest BCUT2D eigenvalue weighted by atomic mass is 10.3. The molecule has 22 heavy (non-hydrogen) atoms. The number of hydrogen-bond acceptors (Lipinski definition) is 4. The molecule has 1 fully saturated rings. The van der Waals surface area contributed by atoms with Gasteiger partial charge in [-0.1, -0.05) is 0 Å². The Morgan fingerprint density at radius 3 is 2.64 bits per heavy atom. The van der Waals surface area contributed by atoms with Gasteiger partial charge in [-0.3, -0.25) is 9.79 Å². The fraction of sp³-hybridized carbons (Fsp3) is 0.600. The van der Waals surface area contributed by atoms with Gasteiger partial charge in [0.05, 0.1) is 5.00 Å². The van der Waals surface area contributed by atoms with Gasteiger partial charge in [0.1, 0.15) is 0 Å². The van der Waals surface area contributed by atoms with Gasteiger partial charge in [0.2, 0.25) is 5.91 Å². The third kappa shape index (κ3) is 4.37. The first kappa shape index (κ1) is 16.6. The minimum absolute atomic E-state index is 0.130.